The van der Waals surface area contributed by atoms with Gasteiger partial charge < -0.3 is 15.2 Å². The fraction of sp³-hybridized carbons (Fsp3) is 0.353. The van der Waals surface area contributed by atoms with Crippen molar-refractivity contribution in [2.75, 3.05) is 31.1 Å². The number of piperazine rings is 1. The third kappa shape index (κ3) is 2.97. The molecular weight excluding hydrogens is 308 g/mol. The minimum absolute atomic E-state index is 0.408. The summed E-state index contributed by atoms with van der Waals surface area (Å²) in [6.07, 6.45) is 0. The van der Waals surface area contributed by atoms with Gasteiger partial charge in [0, 0.05) is 54.6 Å². The van der Waals surface area contributed by atoms with E-state index in [2.05, 4.69) is 44.6 Å². The molecule has 5 nitrogen and oxygen atoms in total. The van der Waals surface area contributed by atoms with Crippen LogP contribution < -0.4 is 10.6 Å². The number of aromatic nitrogens is 1. The zero-order chi connectivity index (χ0) is 15.6. The first-order valence-electron chi connectivity index (χ1n) is 7.91. The average molecular weight is 328 g/mol. The molecule has 0 unspecified atom stereocenters. The van der Waals surface area contributed by atoms with Crippen LogP contribution in [0.15, 0.2) is 40.2 Å². The number of anilines is 1. The van der Waals surface area contributed by atoms with Gasteiger partial charge in [0.05, 0.1) is 12.2 Å². The molecule has 3 aromatic rings. The van der Waals surface area contributed by atoms with Crippen molar-refractivity contribution in [3.63, 3.8) is 0 Å². The van der Waals surface area contributed by atoms with Gasteiger partial charge in [0.1, 0.15) is 0 Å². The SMILES string of the molecule is NCc1cc(CN2CCN(c3cccc4sccc34)CC2)no1. The first-order chi connectivity index (χ1) is 11.3. The second-order valence-corrected chi connectivity index (χ2v) is 6.81. The van der Waals surface area contributed by atoms with Gasteiger partial charge in [-0.1, -0.05) is 11.2 Å². The van der Waals surface area contributed by atoms with Gasteiger partial charge >= 0.3 is 0 Å². The molecule has 1 aliphatic rings. The molecule has 0 amide bonds. The van der Waals surface area contributed by atoms with Crippen molar-refractivity contribution < 1.29 is 4.52 Å². The average Bonchev–Trinajstić information content (AvgIpc) is 3.24. The van der Waals surface area contributed by atoms with E-state index in [9.17, 15) is 0 Å². The second kappa shape index (κ2) is 6.31. The fourth-order valence-electron chi connectivity index (χ4n) is 3.16. The summed E-state index contributed by atoms with van der Waals surface area (Å²) in [5, 5.41) is 7.62. The van der Waals surface area contributed by atoms with E-state index in [-0.39, 0.29) is 0 Å². The molecular formula is C17H20N4OS. The van der Waals surface area contributed by atoms with Crippen LogP contribution in [0, 0.1) is 0 Å². The summed E-state index contributed by atoms with van der Waals surface area (Å²) in [6, 6.07) is 10.8. The van der Waals surface area contributed by atoms with Gasteiger partial charge in [-0.2, -0.15) is 0 Å². The van der Waals surface area contributed by atoms with Crippen LogP contribution in [-0.4, -0.2) is 36.2 Å². The van der Waals surface area contributed by atoms with Gasteiger partial charge in [-0.25, -0.2) is 0 Å². The van der Waals surface area contributed by atoms with Crippen LogP contribution in [0.1, 0.15) is 11.5 Å². The Hall–Kier alpha value is -1.89. The second-order valence-electron chi connectivity index (χ2n) is 5.86. The van der Waals surface area contributed by atoms with E-state index in [1.54, 1.807) is 11.3 Å². The zero-order valence-electron chi connectivity index (χ0n) is 12.9. The van der Waals surface area contributed by atoms with Crippen molar-refractivity contribution in [1.29, 1.82) is 0 Å². The van der Waals surface area contributed by atoms with Crippen molar-refractivity contribution in [2.24, 2.45) is 5.73 Å². The van der Waals surface area contributed by atoms with E-state index < -0.39 is 0 Å². The number of nitrogens with two attached hydrogens (primary N) is 1. The van der Waals surface area contributed by atoms with Crippen molar-refractivity contribution in [3.05, 3.63) is 47.2 Å². The fourth-order valence-corrected chi connectivity index (χ4v) is 3.96. The number of hydrogen-bond acceptors (Lipinski definition) is 6. The maximum atomic E-state index is 5.56. The predicted octanol–water partition coefficient (Wildman–Crippen LogP) is 2.67. The molecule has 0 aliphatic carbocycles. The quantitative estimate of drug-likeness (QED) is 0.798. The van der Waals surface area contributed by atoms with Crippen molar-refractivity contribution in [1.82, 2.24) is 10.1 Å². The number of benzene rings is 1. The molecule has 1 aliphatic heterocycles. The Labute approximate surface area is 139 Å². The van der Waals surface area contributed by atoms with Gasteiger partial charge in [0.25, 0.3) is 0 Å². The third-order valence-corrected chi connectivity index (χ3v) is 5.26. The van der Waals surface area contributed by atoms with Gasteiger partial charge in [0.2, 0.25) is 0 Å². The summed E-state index contributed by atoms with van der Waals surface area (Å²) in [7, 11) is 0. The topological polar surface area (TPSA) is 58.5 Å². The highest BCUT2D eigenvalue weighted by molar-refractivity contribution is 7.17. The standard InChI is InChI=1S/C17H20N4OS/c18-11-14-10-13(19-22-14)12-20-5-7-21(8-6-20)16-2-1-3-17-15(16)4-9-23-17/h1-4,9-10H,5-8,11-12,18H2. The third-order valence-electron chi connectivity index (χ3n) is 4.38. The van der Waals surface area contributed by atoms with Crippen molar-refractivity contribution >= 4 is 27.1 Å². The maximum Gasteiger partial charge on any atom is 0.150 e. The Morgan fingerprint density at radius 2 is 2.04 bits per heavy atom. The maximum absolute atomic E-state index is 5.56. The molecule has 1 fully saturated rings. The van der Waals surface area contributed by atoms with Gasteiger partial charge in [-0.15, -0.1) is 11.3 Å². The first kappa shape index (κ1) is 14.7. The molecule has 2 aromatic heterocycles. The largest absolute Gasteiger partial charge is 0.368 e. The molecule has 0 saturated carbocycles. The van der Waals surface area contributed by atoms with Gasteiger partial charge in [-0.05, 0) is 23.6 Å². The summed E-state index contributed by atoms with van der Waals surface area (Å²) in [6.45, 7) is 5.38. The summed E-state index contributed by atoms with van der Waals surface area (Å²) in [4.78, 5) is 4.90. The molecule has 0 bridgehead atoms. The lowest BCUT2D eigenvalue weighted by atomic mass is 10.2. The van der Waals surface area contributed by atoms with Crippen molar-refractivity contribution in [2.45, 2.75) is 13.1 Å². The van der Waals surface area contributed by atoms with Crippen molar-refractivity contribution in [3.8, 4) is 0 Å². The number of thiophene rings is 1. The molecule has 2 N–H and O–H groups in total. The molecule has 23 heavy (non-hydrogen) atoms. The molecule has 120 valence electrons. The first-order valence-corrected chi connectivity index (χ1v) is 8.79. The normalized spacial score (nSPS) is 16.3. The number of hydrogen-bond donors (Lipinski definition) is 1. The Morgan fingerprint density at radius 1 is 1.17 bits per heavy atom. The van der Waals surface area contributed by atoms with Crippen LogP contribution in [-0.2, 0) is 13.1 Å². The van der Waals surface area contributed by atoms with Crippen LogP contribution >= 0.6 is 11.3 Å². The van der Waals surface area contributed by atoms with E-state index in [1.165, 1.54) is 15.8 Å². The highest BCUT2D eigenvalue weighted by Crippen LogP contribution is 2.31. The molecule has 6 heteroatoms. The van der Waals surface area contributed by atoms with E-state index in [0.29, 0.717) is 6.54 Å². The molecule has 4 rings (SSSR count). The zero-order valence-corrected chi connectivity index (χ0v) is 13.8. The van der Waals surface area contributed by atoms with Crippen LogP contribution in [0.25, 0.3) is 10.1 Å². The van der Waals surface area contributed by atoms with Crippen LogP contribution in [0.3, 0.4) is 0 Å². The highest BCUT2D eigenvalue weighted by Gasteiger charge is 2.19. The van der Waals surface area contributed by atoms with Crippen LogP contribution in [0.4, 0.5) is 5.69 Å². The molecule has 0 spiro atoms. The van der Waals surface area contributed by atoms with Gasteiger partial charge in [-0.3, -0.25) is 4.90 Å². The van der Waals surface area contributed by atoms with Gasteiger partial charge in [0.15, 0.2) is 5.76 Å². The summed E-state index contributed by atoms with van der Waals surface area (Å²) >= 11 is 1.81. The van der Waals surface area contributed by atoms with Crippen LogP contribution in [0.2, 0.25) is 0 Å². The lowest BCUT2D eigenvalue weighted by Gasteiger charge is -2.36. The summed E-state index contributed by atoms with van der Waals surface area (Å²) in [5.74, 6) is 0.753. The summed E-state index contributed by atoms with van der Waals surface area (Å²) < 4.78 is 6.54. The number of rotatable bonds is 4. The lowest BCUT2D eigenvalue weighted by Crippen LogP contribution is -2.46. The minimum atomic E-state index is 0.408. The number of nitrogens with zero attached hydrogens (tertiary/aromatic N) is 3. The molecule has 1 saturated heterocycles. The monoisotopic (exact) mass is 328 g/mol. The Morgan fingerprint density at radius 3 is 2.83 bits per heavy atom. The lowest BCUT2D eigenvalue weighted by molar-refractivity contribution is 0.241. The Bertz CT molecular complexity index is 789. The predicted molar refractivity (Wildman–Crippen MR) is 93.7 cm³/mol. The molecule has 0 atom stereocenters. The van der Waals surface area contributed by atoms with Crippen LogP contribution in [0.5, 0.6) is 0 Å². The van der Waals surface area contributed by atoms with E-state index >= 15 is 0 Å². The highest BCUT2D eigenvalue weighted by atomic mass is 32.1. The van der Waals surface area contributed by atoms with E-state index in [0.717, 1.165) is 44.2 Å². The molecule has 1 aromatic carbocycles. The Balaban J connectivity index is 1.41. The molecule has 0 radical (unpaired) electrons. The molecule has 3 heterocycles. The minimum Gasteiger partial charge on any atom is -0.368 e. The Kier molecular flexibility index (Phi) is 4.03. The summed E-state index contributed by atoms with van der Waals surface area (Å²) in [5.41, 5.74) is 7.89. The smallest absolute Gasteiger partial charge is 0.150 e. The number of fused-ring (bicyclic) bond motifs is 1. The van der Waals surface area contributed by atoms with E-state index in [4.69, 9.17) is 10.3 Å². The van der Waals surface area contributed by atoms with E-state index in [1.807, 2.05) is 6.07 Å².